The molecule has 0 radical (unpaired) electrons. The van der Waals surface area contributed by atoms with Crippen molar-refractivity contribution in [3.8, 4) is 0 Å². The third-order valence-corrected chi connectivity index (χ3v) is 4.66. The Morgan fingerprint density at radius 3 is 2.19 bits per heavy atom. The van der Waals surface area contributed by atoms with E-state index in [0.717, 1.165) is 0 Å². The Kier molecular flexibility index (Phi) is 5.71. The van der Waals surface area contributed by atoms with E-state index in [1.54, 1.807) is 60.7 Å². The van der Waals surface area contributed by atoms with Gasteiger partial charge in [0, 0.05) is 10.0 Å². The second-order valence-electron chi connectivity index (χ2n) is 5.42. The van der Waals surface area contributed by atoms with Crippen molar-refractivity contribution in [1.29, 1.82) is 0 Å². The number of anilines is 2. The number of hydrogen-bond acceptors (Lipinski definition) is 2. The minimum atomic E-state index is -0.310. The standard InChI is InChI=1S/C20H14BrClN2O2/c21-15-10-5-4-9-14(15)20(26)23-17-12-6-11-16(22)18(17)24-19(25)13-7-2-1-3-8-13/h1-12H,(H,23,26)(H,24,25). The van der Waals surface area contributed by atoms with Gasteiger partial charge in [0.15, 0.2) is 0 Å². The summed E-state index contributed by atoms with van der Waals surface area (Å²) in [7, 11) is 0. The maximum absolute atomic E-state index is 12.6. The molecule has 0 aromatic heterocycles. The molecule has 130 valence electrons. The van der Waals surface area contributed by atoms with Crippen molar-refractivity contribution in [1.82, 2.24) is 0 Å². The zero-order valence-corrected chi connectivity index (χ0v) is 15.8. The van der Waals surface area contributed by atoms with E-state index in [1.807, 2.05) is 12.1 Å². The van der Waals surface area contributed by atoms with E-state index in [2.05, 4.69) is 26.6 Å². The Hall–Kier alpha value is -2.63. The van der Waals surface area contributed by atoms with Crippen molar-refractivity contribution in [3.63, 3.8) is 0 Å². The molecule has 3 aromatic rings. The summed E-state index contributed by atoms with van der Waals surface area (Å²) in [5, 5.41) is 5.90. The van der Waals surface area contributed by atoms with Gasteiger partial charge in [-0.25, -0.2) is 0 Å². The van der Waals surface area contributed by atoms with Crippen LogP contribution in [0.3, 0.4) is 0 Å². The van der Waals surface area contributed by atoms with Crippen molar-refractivity contribution in [2.45, 2.75) is 0 Å². The van der Waals surface area contributed by atoms with Crippen LogP contribution in [0.25, 0.3) is 0 Å². The van der Waals surface area contributed by atoms with Crippen molar-refractivity contribution < 1.29 is 9.59 Å². The summed E-state index contributed by atoms with van der Waals surface area (Å²) >= 11 is 9.60. The highest BCUT2D eigenvalue weighted by Gasteiger charge is 2.16. The third kappa shape index (κ3) is 4.12. The van der Waals surface area contributed by atoms with Crippen LogP contribution in [0.5, 0.6) is 0 Å². The normalized spacial score (nSPS) is 10.2. The van der Waals surface area contributed by atoms with Crippen molar-refractivity contribution in [2.24, 2.45) is 0 Å². The highest BCUT2D eigenvalue weighted by molar-refractivity contribution is 9.10. The number of carbonyl (C=O) groups is 2. The first kappa shape index (κ1) is 18.2. The molecule has 2 N–H and O–H groups in total. The second kappa shape index (κ2) is 8.17. The van der Waals surface area contributed by atoms with Gasteiger partial charge in [-0.15, -0.1) is 0 Å². The lowest BCUT2D eigenvalue weighted by Crippen LogP contribution is -2.17. The number of rotatable bonds is 4. The van der Waals surface area contributed by atoms with E-state index in [9.17, 15) is 9.59 Å². The molecule has 2 amide bonds. The van der Waals surface area contributed by atoms with Gasteiger partial charge in [-0.05, 0) is 52.3 Å². The smallest absolute Gasteiger partial charge is 0.256 e. The zero-order chi connectivity index (χ0) is 18.5. The SMILES string of the molecule is O=C(Nc1c(Cl)cccc1NC(=O)c1ccccc1Br)c1ccccc1. The van der Waals surface area contributed by atoms with E-state index in [0.29, 0.717) is 32.0 Å². The van der Waals surface area contributed by atoms with Gasteiger partial charge in [-0.3, -0.25) is 9.59 Å². The van der Waals surface area contributed by atoms with Crippen LogP contribution in [-0.4, -0.2) is 11.8 Å². The van der Waals surface area contributed by atoms with E-state index in [-0.39, 0.29) is 11.8 Å². The van der Waals surface area contributed by atoms with Crippen LogP contribution >= 0.6 is 27.5 Å². The van der Waals surface area contributed by atoms with E-state index >= 15 is 0 Å². The van der Waals surface area contributed by atoms with Crippen LogP contribution in [-0.2, 0) is 0 Å². The Morgan fingerprint density at radius 2 is 1.46 bits per heavy atom. The fourth-order valence-electron chi connectivity index (χ4n) is 2.37. The van der Waals surface area contributed by atoms with Gasteiger partial charge >= 0.3 is 0 Å². The minimum absolute atomic E-state index is 0.310. The molecule has 0 aliphatic heterocycles. The fourth-order valence-corrected chi connectivity index (χ4v) is 3.05. The summed E-state index contributed by atoms with van der Waals surface area (Å²) in [5.41, 5.74) is 1.74. The summed E-state index contributed by atoms with van der Waals surface area (Å²) in [6.45, 7) is 0. The molecular weight excluding hydrogens is 416 g/mol. The number of halogens is 2. The molecule has 0 unspecified atom stereocenters. The molecule has 0 heterocycles. The van der Waals surface area contributed by atoms with E-state index in [1.165, 1.54) is 0 Å². The maximum Gasteiger partial charge on any atom is 0.256 e. The Bertz CT molecular complexity index is 961. The monoisotopic (exact) mass is 428 g/mol. The topological polar surface area (TPSA) is 58.2 Å². The Labute approximate surface area is 164 Å². The quantitative estimate of drug-likeness (QED) is 0.566. The van der Waals surface area contributed by atoms with Gasteiger partial charge in [-0.2, -0.15) is 0 Å². The van der Waals surface area contributed by atoms with Crippen LogP contribution in [0.15, 0.2) is 77.3 Å². The number of amides is 2. The van der Waals surface area contributed by atoms with Gasteiger partial charge in [0.1, 0.15) is 0 Å². The van der Waals surface area contributed by atoms with Crippen LogP contribution in [0, 0.1) is 0 Å². The Balaban J connectivity index is 1.87. The largest absolute Gasteiger partial charge is 0.320 e. The van der Waals surface area contributed by atoms with Crippen molar-refractivity contribution in [2.75, 3.05) is 10.6 Å². The summed E-state index contributed by atoms with van der Waals surface area (Å²) in [6, 6.07) is 20.9. The van der Waals surface area contributed by atoms with Gasteiger partial charge < -0.3 is 10.6 Å². The summed E-state index contributed by atoms with van der Waals surface area (Å²) in [6.07, 6.45) is 0. The number of carbonyl (C=O) groups excluding carboxylic acids is 2. The van der Waals surface area contributed by atoms with Crippen LogP contribution in [0.1, 0.15) is 20.7 Å². The average molecular weight is 430 g/mol. The Morgan fingerprint density at radius 1 is 0.769 bits per heavy atom. The van der Waals surface area contributed by atoms with Crippen LogP contribution < -0.4 is 10.6 Å². The molecule has 0 saturated carbocycles. The summed E-state index contributed by atoms with van der Waals surface area (Å²) < 4.78 is 0.675. The first-order valence-corrected chi connectivity index (χ1v) is 8.94. The molecule has 0 fully saturated rings. The lowest BCUT2D eigenvalue weighted by atomic mass is 10.2. The predicted molar refractivity (Wildman–Crippen MR) is 108 cm³/mol. The molecule has 0 spiro atoms. The lowest BCUT2D eigenvalue weighted by Gasteiger charge is -2.14. The number of nitrogens with one attached hydrogen (secondary N) is 2. The third-order valence-electron chi connectivity index (χ3n) is 3.65. The molecule has 0 saturated heterocycles. The first-order valence-electron chi connectivity index (χ1n) is 7.77. The maximum atomic E-state index is 12.6. The minimum Gasteiger partial charge on any atom is -0.320 e. The van der Waals surface area contributed by atoms with E-state index < -0.39 is 0 Å². The van der Waals surface area contributed by atoms with Crippen molar-refractivity contribution in [3.05, 3.63) is 93.4 Å². The molecule has 6 heteroatoms. The number of benzene rings is 3. The molecule has 0 aliphatic carbocycles. The van der Waals surface area contributed by atoms with Gasteiger partial charge in [0.05, 0.1) is 22.0 Å². The van der Waals surface area contributed by atoms with Crippen molar-refractivity contribution >= 4 is 50.7 Å². The summed E-state index contributed by atoms with van der Waals surface area (Å²) in [5.74, 6) is -0.620. The molecule has 4 nitrogen and oxygen atoms in total. The highest BCUT2D eigenvalue weighted by atomic mass is 79.9. The van der Waals surface area contributed by atoms with Crippen LogP contribution in [0.2, 0.25) is 5.02 Å². The molecule has 0 aliphatic rings. The van der Waals surface area contributed by atoms with Gasteiger partial charge in [0.2, 0.25) is 0 Å². The predicted octanol–water partition coefficient (Wildman–Crippen LogP) is 5.61. The first-order chi connectivity index (χ1) is 12.6. The highest BCUT2D eigenvalue weighted by Crippen LogP contribution is 2.31. The molecule has 3 rings (SSSR count). The second-order valence-corrected chi connectivity index (χ2v) is 6.68. The molecule has 0 atom stereocenters. The average Bonchev–Trinajstić information content (AvgIpc) is 2.65. The van der Waals surface area contributed by atoms with E-state index in [4.69, 9.17) is 11.6 Å². The van der Waals surface area contributed by atoms with Gasteiger partial charge in [-0.1, -0.05) is 48.0 Å². The fraction of sp³-hybridized carbons (Fsp3) is 0. The molecule has 3 aromatic carbocycles. The molecule has 0 bridgehead atoms. The van der Waals surface area contributed by atoms with Gasteiger partial charge in [0.25, 0.3) is 11.8 Å². The number of hydrogen-bond donors (Lipinski definition) is 2. The molecular formula is C20H14BrClN2O2. The van der Waals surface area contributed by atoms with Crippen LogP contribution in [0.4, 0.5) is 11.4 Å². The molecule has 26 heavy (non-hydrogen) atoms. The zero-order valence-electron chi connectivity index (χ0n) is 13.5. The summed E-state index contributed by atoms with van der Waals surface area (Å²) in [4.78, 5) is 25.0. The lowest BCUT2D eigenvalue weighted by molar-refractivity contribution is 0.101. The number of para-hydroxylation sites is 1.